The first-order valence-electron chi connectivity index (χ1n) is 6.10. The summed E-state index contributed by atoms with van der Waals surface area (Å²) >= 11 is 0. The standard InChI is InChI=1S/C14H21NO4/c1-14(2,3)19-13(17)15-12(9-16)10-5-7-11(18-4)8-6-10/h5-8,12,16H,9H2,1-4H3,(H,15,17)/t12-/m0/s1. The van der Waals surface area contributed by atoms with Gasteiger partial charge in [-0.2, -0.15) is 0 Å². The number of aliphatic hydroxyl groups is 1. The topological polar surface area (TPSA) is 67.8 Å². The van der Waals surface area contributed by atoms with Gasteiger partial charge >= 0.3 is 6.09 Å². The first kappa shape index (κ1) is 15.3. The minimum absolute atomic E-state index is 0.203. The third kappa shape index (κ3) is 5.18. The van der Waals surface area contributed by atoms with Crippen LogP contribution in [0, 0.1) is 0 Å². The van der Waals surface area contributed by atoms with Gasteiger partial charge < -0.3 is 19.9 Å². The molecule has 2 N–H and O–H groups in total. The van der Waals surface area contributed by atoms with E-state index in [4.69, 9.17) is 9.47 Å². The summed E-state index contributed by atoms with van der Waals surface area (Å²) in [6, 6.07) is 6.62. The SMILES string of the molecule is COc1ccc([C@H](CO)NC(=O)OC(C)(C)C)cc1. The van der Waals surface area contributed by atoms with Gasteiger partial charge in [0, 0.05) is 0 Å². The van der Waals surface area contributed by atoms with Gasteiger partial charge in [0.1, 0.15) is 11.4 Å². The number of methoxy groups -OCH3 is 1. The number of amides is 1. The predicted molar refractivity (Wildman–Crippen MR) is 72.2 cm³/mol. The molecule has 0 heterocycles. The average molecular weight is 267 g/mol. The van der Waals surface area contributed by atoms with Crippen LogP contribution in [0.4, 0.5) is 4.79 Å². The molecule has 5 nitrogen and oxygen atoms in total. The number of rotatable bonds is 4. The molecule has 1 amide bonds. The maximum absolute atomic E-state index is 11.7. The van der Waals surface area contributed by atoms with Crippen LogP contribution in [0.15, 0.2) is 24.3 Å². The van der Waals surface area contributed by atoms with Gasteiger partial charge in [-0.25, -0.2) is 4.79 Å². The largest absolute Gasteiger partial charge is 0.497 e. The molecule has 0 aliphatic carbocycles. The molecule has 0 saturated heterocycles. The second kappa shape index (κ2) is 6.43. The van der Waals surface area contributed by atoms with Gasteiger partial charge in [0.15, 0.2) is 0 Å². The molecule has 0 bridgehead atoms. The zero-order valence-corrected chi connectivity index (χ0v) is 11.8. The summed E-state index contributed by atoms with van der Waals surface area (Å²) < 4.78 is 10.2. The van der Waals surface area contributed by atoms with Crippen molar-refractivity contribution < 1.29 is 19.4 Å². The zero-order valence-electron chi connectivity index (χ0n) is 11.8. The fraction of sp³-hybridized carbons (Fsp3) is 0.500. The Balaban J connectivity index is 2.69. The molecule has 1 rings (SSSR count). The van der Waals surface area contributed by atoms with E-state index in [0.717, 1.165) is 11.3 Å². The van der Waals surface area contributed by atoms with Crippen molar-refractivity contribution in [2.24, 2.45) is 0 Å². The molecule has 19 heavy (non-hydrogen) atoms. The van der Waals surface area contributed by atoms with Gasteiger partial charge in [0.05, 0.1) is 19.8 Å². The van der Waals surface area contributed by atoms with Crippen molar-refractivity contribution in [3.8, 4) is 5.75 Å². The Bertz CT molecular complexity index is 408. The van der Waals surface area contributed by atoms with Crippen LogP contribution >= 0.6 is 0 Å². The quantitative estimate of drug-likeness (QED) is 0.878. The van der Waals surface area contributed by atoms with Crippen LogP contribution in [0.2, 0.25) is 0 Å². The molecule has 5 heteroatoms. The van der Waals surface area contributed by atoms with E-state index >= 15 is 0 Å². The van der Waals surface area contributed by atoms with E-state index in [2.05, 4.69) is 5.32 Å². The van der Waals surface area contributed by atoms with Gasteiger partial charge in [-0.15, -0.1) is 0 Å². The maximum Gasteiger partial charge on any atom is 0.408 e. The number of aliphatic hydroxyl groups excluding tert-OH is 1. The Labute approximate surface area is 113 Å². The van der Waals surface area contributed by atoms with Crippen LogP contribution in [0.1, 0.15) is 32.4 Å². The Morgan fingerprint density at radius 2 is 1.89 bits per heavy atom. The van der Waals surface area contributed by atoms with E-state index in [1.54, 1.807) is 52.1 Å². The lowest BCUT2D eigenvalue weighted by atomic mass is 10.1. The van der Waals surface area contributed by atoms with E-state index in [1.165, 1.54) is 0 Å². The Kier molecular flexibility index (Phi) is 5.18. The van der Waals surface area contributed by atoms with Crippen molar-refractivity contribution in [2.45, 2.75) is 32.4 Å². The molecule has 0 aliphatic heterocycles. The summed E-state index contributed by atoms with van der Waals surface area (Å²) in [5.41, 5.74) is 0.221. The summed E-state index contributed by atoms with van der Waals surface area (Å²) in [6.07, 6.45) is -0.553. The molecule has 106 valence electrons. The second-order valence-corrected chi connectivity index (χ2v) is 5.15. The summed E-state index contributed by atoms with van der Waals surface area (Å²) in [4.78, 5) is 11.7. The molecule has 1 aromatic rings. The third-order valence-corrected chi connectivity index (χ3v) is 2.39. The number of alkyl carbamates (subject to hydrolysis) is 1. The second-order valence-electron chi connectivity index (χ2n) is 5.15. The van der Waals surface area contributed by atoms with Crippen molar-refractivity contribution in [1.29, 1.82) is 0 Å². The number of ether oxygens (including phenoxy) is 2. The highest BCUT2D eigenvalue weighted by atomic mass is 16.6. The highest BCUT2D eigenvalue weighted by Crippen LogP contribution is 2.18. The van der Waals surface area contributed by atoms with E-state index in [9.17, 15) is 9.90 Å². The lowest BCUT2D eigenvalue weighted by molar-refractivity contribution is 0.0482. The molecule has 0 fully saturated rings. The number of carbonyl (C=O) groups is 1. The molecule has 0 saturated carbocycles. The molecular formula is C14H21NO4. The van der Waals surface area contributed by atoms with Crippen molar-refractivity contribution >= 4 is 6.09 Å². The summed E-state index contributed by atoms with van der Waals surface area (Å²) in [7, 11) is 1.58. The van der Waals surface area contributed by atoms with E-state index < -0.39 is 17.7 Å². The highest BCUT2D eigenvalue weighted by Gasteiger charge is 2.20. The summed E-state index contributed by atoms with van der Waals surface area (Å²) in [5, 5.41) is 12.0. The fourth-order valence-electron chi connectivity index (χ4n) is 1.52. The smallest absolute Gasteiger partial charge is 0.408 e. The number of carbonyl (C=O) groups excluding carboxylic acids is 1. The van der Waals surface area contributed by atoms with Gasteiger partial charge in [0.2, 0.25) is 0 Å². The van der Waals surface area contributed by atoms with Gasteiger partial charge in [-0.3, -0.25) is 0 Å². The minimum atomic E-state index is -0.565. The first-order chi connectivity index (χ1) is 8.85. The number of benzene rings is 1. The van der Waals surface area contributed by atoms with Crippen LogP contribution in [0.3, 0.4) is 0 Å². The maximum atomic E-state index is 11.7. The average Bonchev–Trinajstić information content (AvgIpc) is 2.34. The summed E-state index contributed by atoms with van der Waals surface area (Å²) in [6.45, 7) is 5.15. The molecule has 1 atom stereocenters. The van der Waals surface area contributed by atoms with Gasteiger partial charge in [-0.05, 0) is 38.5 Å². The van der Waals surface area contributed by atoms with E-state index in [-0.39, 0.29) is 6.61 Å². The fourth-order valence-corrected chi connectivity index (χ4v) is 1.52. The monoisotopic (exact) mass is 267 g/mol. The lowest BCUT2D eigenvalue weighted by Gasteiger charge is -2.23. The van der Waals surface area contributed by atoms with Crippen molar-refractivity contribution in [1.82, 2.24) is 5.32 Å². The normalized spacial score (nSPS) is 12.7. The predicted octanol–water partition coefficient (Wildman–Crippen LogP) is 2.25. The Hall–Kier alpha value is -1.75. The Morgan fingerprint density at radius 1 is 1.32 bits per heavy atom. The Morgan fingerprint density at radius 3 is 2.32 bits per heavy atom. The number of nitrogens with one attached hydrogen (secondary N) is 1. The van der Waals surface area contributed by atoms with E-state index in [0.29, 0.717) is 0 Å². The van der Waals surface area contributed by atoms with Crippen LogP contribution in [0.25, 0.3) is 0 Å². The van der Waals surface area contributed by atoms with E-state index in [1.807, 2.05) is 0 Å². The first-order valence-corrected chi connectivity index (χ1v) is 6.10. The summed E-state index contributed by atoms with van der Waals surface area (Å²) in [5.74, 6) is 0.720. The highest BCUT2D eigenvalue weighted by molar-refractivity contribution is 5.68. The zero-order chi connectivity index (χ0) is 14.5. The van der Waals surface area contributed by atoms with Gasteiger partial charge in [0.25, 0.3) is 0 Å². The number of hydrogen-bond donors (Lipinski definition) is 2. The van der Waals surface area contributed by atoms with Crippen LogP contribution in [-0.2, 0) is 4.74 Å². The van der Waals surface area contributed by atoms with Crippen LogP contribution in [-0.4, -0.2) is 30.5 Å². The molecule has 0 unspecified atom stereocenters. The number of hydrogen-bond acceptors (Lipinski definition) is 4. The molecule has 0 radical (unpaired) electrons. The molecular weight excluding hydrogens is 246 g/mol. The van der Waals surface area contributed by atoms with Crippen molar-refractivity contribution in [2.75, 3.05) is 13.7 Å². The molecule has 0 spiro atoms. The molecule has 1 aromatic carbocycles. The van der Waals surface area contributed by atoms with Crippen molar-refractivity contribution in [3.63, 3.8) is 0 Å². The third-order valence-electron chi connectivity index (χ3n) is 2.39. The van der Waals surface area contributed by atoms with Crippen LogP contribution < -0.4 is 10.1 Å². The van der Waals surface area contributed by atoms with Crippen molar-refractivity contribution in [3.05, 3.63) is 29.8 Å². The van der Waals surface area contributed by atoms with Crippen LogP contribution in [0.5, 0.6) is 5.75 Å². The molecule has 0 aliphatic rings. The molecule has 0 aromatic heterocycles. The minimum Gasteiger partial charge on any atom is -0.497 e. The lowest BCUT2D eigenvalue weighted by Crippen LogP contribution is -2.36. The van der Waals surface area contributed by atoms with Gasteiger partial charge in [-0.1, -0.05) is 12.1 Å².